The number of likely N-dealkylation sites (N-methyl/N-ethyl adjacent to an activating group) is 1. The zero-order valence-corrected chi connectivity index (χ0v) is 15.2. The Balaban J connectivity index is 2.18. The minimum Gasteiger partial charge on any atom is -0.375 e. The van der Waals surface area contributed by atoms with Gasteiger partial charge in [-0.3, -0.25) is 0 Å². The molecule has 0 fully saturated rings. The summed E-state index contributed by atoms with van der Waals surface area (Å²) in [6.07, 6.45) is -0.469. The number of benzene rings is 1. The smallest absolute Gasteiger partial charge is 0.252 e. The van der Waals surface area contributed by atoms with Crippen molar-refractivity contribution in [3.63, 3.8) is 0 Å². The Hall–Kier alpha value is -0.800. The summed E-state index contributed by atoms with van der Waals surface area (Å²) in [6, 6.07) is 9.08. The Labute approximate surface area is 141 Å². The van der Waals surface area contributed by atoms with Crippen molar-refractivity contribution in [2.45, 2.75) is 10.3 Å². The van der Waals surface area contributed by atoms with Crippen LogP contribution >= 0.6 is 27.3 Å². The third-order valence-corrected chi connectivity index (χ3v) is 7.08. The molecule has 0 saturated carbocycles. The molecule has 0 saturated heterocycles. The van der Waals surface area contributed by atoms with Crippen LogP contribution in [0.3, 0.4) is 0 Å². The fourth-order valence-electron chi connectivity index (χ4n) is 1.92. The predicted molar refractivity (Wildman–Crippen MR) is 88.0 cm³/mol. The number of nitrogens with zero attached hydrogens (tertiary/aromatic N) is 1. The lowest BCUT2D eigenvalue weighted by Crippen LogP contribution is -2.31. The van der Waals surface area contributed by atoms with Gasteiger partial charge in [0.05, 0.1) is 9.89 Å². The SMILES string of the molecule is COC(CN(C)S(=O)(=O)c1ccc(Br)s1)c1ccc(F)cc1. The van der Waals surface area contributed by atoms with Crippen molar-refractivity contribution in [3.05, 3.63) is 51.6 Å². The molecular formula is C14H15BrFNO3S2. The van der Waals surface area contributed by atoms with Crippen LogP contribution < -0.4 is 0 Å². The quantitative estimate of drug-likeness (QED) is 0.733. The average molecular weight is 408 g/mol. The maximum atomic E-state index is 13.0. The van der Waals surface area contributed by atoms with Gasteiger partial charge < -0.3 is 4.74 Å². The molecule has 120 valence electrons. The van der Waals surface area contributed by atoms with Crippen LogP contribution in [-0.4, -0.2) is 33.4 Å². The second-order valence-corrected chi connectivity index (χ2v) is 9.35. The molecule has 0 aliphatic heterocycles. The molecule has 1 aromatic carbocycles. The van der Waals surface area contributed by atoms with Gasteiger partial charge in [-0.1, -0.05) is 12.1 Å². The summed E-state index contributed by atoms with van der Waals surface area (Å²) >= 11 is 4.41. The monoisotopic (exact) mass is 407 g/mol. The number of sulfonamides is 1. The highest BCUT2D eigenvalue weighted by molar-refractivity contribution is 9.11. The molecule has 0 aliphatic rings. The van der Waals surface area contributed by atoms with Crippen LogP contribution in [0, 0.1) is 5.82 Å². The van der Waals surface area contributed by atoms with E-state index in [9.17, 15) is 12.8 Å². The predicted octanol–water partition coefficient (Wildman–Crippen LogP) is 3.66. The largest absolute Gasteiger partial charge is 0.375 e. The summed E-state index contributed by atoms with van der Waals surface area (Å²) in [5.41, 5.74) is 0.721. The number of thiophene rings is 1. The fourth-order valence-corrected chi connectivity index (χ4v) is 5.31. The molecule has 0 N–H and O–H groups in total. The molecule has 1 atom stereocenters. The number of hydrogen-bond acceptors (Lipinski definition) is 4. The van der Waals surface area contributed by atoms with E-state index in [4.69, 9.17) is 4.74 Å². The first kappa shape index (κ1) is 17.6. The van der Waals surface area contributed by atoms with Crippen molar-refractivity contribution in [1.82, 2.24) is 4.31 Å². The molecule has 0 bridgehead atoms. The van der Waals surface area contributed by atoms with Crippen LogP contribution in [0.2, 0.25) is 0 Å². The lowest BCUT2D eigenvalue weighted by atomic mass is 10.1. The second-order valence-electron chi connectivity index (χ2n) is 4.62. The summed E-state index contributed by atoms with van der Waals surface area (Å²) < 4.78 is 45.5. The van der Waals surface area contributed by atoms with Crippen LogP contribution in [-0.2, 0) is 14.8 Å². The Bertz CT molecular complexity index is 731. The molecule has 0 spiro atoms. The first-order chi connectivity index (χ1) is 10.3. The first-order valence-electron chi connectivity index (χ1n) is 6.34. The van der Waals surface area contributed by atoms with E-state index in [-0.39, 0.29) is 16.6 Å². The molecular weight excluding hydrogens is 393 g/mol. The average Bonchev–Trinajstić information content (AvgIpc) is 2.93. The van der Waals surface area contributed by atoms with E-state index in [1.54, 1.807) is 24.3 Å². The zero-order valence-electron chi connectivity index (χ0n) is 12.0. The number of rotatable bonds is 6. The molecule has 1 unspecified atom stereocenters. The minimum atomic E-state index is -3.57. The lowest BCUT2D eigenvalue weighted by Gasteiger charge is -2.22. The van der Waals surface area contributed by atoms with Crippen LogP contribution in [0.5, 0.6) is 0 Å². The van der Waals surface area contributed by atoms with Crippen molar-refractivity contribution < 1.29 is 17.5 Å². The van der Waals surface area contributed by atoms with Crippen LogP contribution in [0.25, 0.3) is 0 Å². The molecule has 0 amide bonds. The molecule has 2 aromatic rings. The molecule has 22 heavy (non-hydrogen) atoms. The van der Waals surface area contributed by atoms with Crippen molar-refractivity contribution in [1.29, 1.82) is 0 Å². The van der Waals surface area contributed by atoms with Crippen LogP contribution in [0.4, 0.5) is 4.39 Å². The summed E-state index contributed by atoms with van der Waals surface area (Å²) in [5, 5.41) is 0. The third kappa shape index (κ3) is 3.94. The van der Waals surface area contributed by atoms with E-state index < -0.39 is 16.1 Å². The van der Waals surface area contributed by atoms with Gasteiger partial charge >= 0.3 is 0 Å². The molecule has 0 radical (unpaired) electrons. The van der Waals surface area contributed by atoms with E-state index >= 15 is 0 Å². The highest BCUT2D eigenvalue weighted by Gasteiger charge is 2.26. The maximum absolute atomic E-state index is 13.0. The fraction of sp³-hybridized carbons (Fsp3) is 0.286. The molecule has 1 heterocycles. The second kappa shape index (κ2) is 7.18. The van der Waals surface area contributed by atoms with E-state index in [0.717, 1.165) is 20.7 Å². The summed E-state index contributed by atoms with van der Waals surface area (Å²) in [6.45, 7) is 0.139. The van der Waals surface area contributed by atoms with Gasteiger partial charge in [0.1, 0.15) is 10.0 Å². The number of hydrogen-bond donors (Lipinski definition) is 0. The van der Waals surface area contributed by atoms with Crippen molar-refractivity contribution >= 4 is 37.3 Å². The lowest BCUT2D eigenvalue weighted by molar-refractivity contribution is 0.0891. The van der Waals surface area contributed by atoms with E-state index in [2.05, 4.69) is 15.9 Å². The maximum Gasteiger partial charge on any atom is 0.252 e. The summed E-state index contributed by atoms with van der Waals surface area (Å²) in [4.78, 5) is 0. The molecule has 2 rings (SSSR count). The van der Waals surface area contributed by atoms with Gasteiger partial charge in [-0.2, -0.15) is 4.31 Å². The molecule has 1 aromatic heterocycles. The van der Waals surface area contributed by atoms with E-state index in [0.29, 0.717) is 0 Å². The van der Waals surface area contributed by atoms with Gasteiger partial charge in [-0.05, 0) is 45.8 Å². The van der Waals surface area contributed by atoms with Gasteiger partial charge in [0, 0.05) is 20.7 Å². The number of methoxy groups -OCH3 is 1. The Kier molecular flexibility index (Phi) is 5.73. The zero-order chi connectivity index (χ0) is 16.3. The highest BCUT2D eigenvalue weighted by Crippen LogP contribution is 2.29. The van der Waals surface area contributed by atoms with Crippen LogP contribution in [0.1, 0.15) is 11.7 Å². The topological polar surface area (TPSA) is 46.6 Å². The van der Waals surface area contributed by atoms with E-state index in [1.165, 1.54) is 30.6 Å². The van der Waals surface area contributed by atoms with Gasteiger partial charge in [0.15, 0.2) is 0 Å². The first-order valence-corrected chi connectivity index (χ1v) is 9.39. The molecule has 4 nitrogen and oxygen atoms in total. The highest BCUT2D eigenvalue weighted by atomic mass is 79.9. The minimum absolute atomic E-state index is 0.139. The van der Waals surface area contributed by atoms with E-state index in [1.807, 2.05) is 0 Å². The number of halogens is 2. The number of ether oxygens (including phenoxy) is 1. The third-order valence-electron chi connectivity index (χ3n) is 3.16. The van der Waals surface area contributed by atoms with Crippen LogP contribution in [0.15, 0.2) is 44.4 Å². The van der Waals surface area contributed by atoms with Gasteiger partial charge in [0.25, 0.3) is 10.0 Å². The Morgan fingerprint density at radius 3 is 2.41 bits per heavy atom. The normalized spacial score (nSPS) is 13.5. The molecule has 8 heteroatoms. The standard InChI is InChI=1S/C14H15BrFNO3S2/c1-17(22(18,19)14-8-7-13(15)21-14)9-12(20-2)10-3-5-11(16)6-4-10/h3-8,12H,9H2,1-2H3. The van der Waals surface area contributed by atoms with Gasteiger partial charge in [-0.25, -0.2) is 12.8 Å². The summed E-state index contributed by atoms with van der Waals surface area (Å²) in [7, 11) is -0.577. The van der Waals surface area contributed by atoms with Crippen molar-refractivity contribution in [3.8, 4) is 0 Å². The van der Waals surface area contributed by atoms with Crippen molar-refractivity contribution in [2.75, 3.05) is 20.7 Å². The summed E-state index contributed by atoms with van der Waals surface area (Å²) in [5.74, 6) is -0.344. The Morgan fingerprint density at radius 1 is 1.27 bits per heavy atom. The Morgan fingerprint density at radius 2 is 1.91 bits per heavy atom. The van der Waals surface area contributed by atoms with Gasteiger partial charge in [-0.15, -0.1) is 11.3 Å². The molecule has 0 aliphatic carbocycles. The van der Waals surface area contributed by atoms with Gasteiger partial charge in [0.2, 0.25) is 0 Å². The van der Waals surface area contributed by atoms with Crippen molar-refractivity contribution in [2.24, 2.45) is 0 Å².